The van der Waals surface area contributed by atoms with Gasteiger partial charge in [0.1, 0.15) is 5.76 Å². The third kappa shape index (κ3) is 4.09. The first-order chi connectivity index (χ1) is 11.2. The maximum Gasteiger partial charge on any atom is 0.220 e. The molecule has 23 heavy (non-hydrogen) atoms. The molecule has 0 spiro atoms. The van der Waals surface area contributed by atoms with Crippen molar-refractivity contribution in [2.75, 3.05) is 0 Å². The summed E-state index contributed by atoms with van der Waals surface area (Å²) >= 11 is 0. The van der Waals surface area contributed by atoms with Crippen LogP contribution < -0.4 is 5.32 Å². The molecule has 0 radical (unpaired) electrons. The van der Waals surface area contributed by atoms with Gasteiger partial charge in [-0.1, -0.05) is 12.1 Å². The summed E-state index contributed by atoms with van der Waals surface area (Å²) in [5.41, 5.74) is 3.39. The van der Waals surface area contributed by atoms with E-state index < -0.39 is 0 Å². The number of amides is 1. The van der Waals surface area contributed by atoms with Crippen molar-refractivity contribution in [3.8, 4) is 0 Å². The van der Waals surface area contributed by atoms with E-state index in [1.54, 1.807) is 18.4 Å². The minimum Gasteiger partial charge on any atom is -0.467 e. The van der Waals surface area contributed by atoms with Crippen molar-refractivity contribution in [1.29, 1.82) is 0 Å². The van der Waals surface area contributed by atoms with E-state index in [-0.39, 0.29) is 24.5 Å². The normalized spacial score (nSPS) is 13.4. The molecule has 0 saturated carbocycles. The largest absolute Gasteiger partial charge is 0.467 e. The quantitative estimate of drug-likeness (QED) is 0.831. The molecule has 0 bridgehead atoms. The maximum atomic E-state index is 12.3. The lowest BCUT2D eigenvalue weighted by molar-refractivity contribution is -0.121. The Hall–Kier alpha value is -2.36. The van der Waals surface area contributed by atoms with Crippen molar-refractivity contribution in [2.24, 2.45) is 0 Å². The third-order valence-electron chi connectivity index (χ3n) is 4.29. The summed E-state index contributed by atoms with van der Waals surface area (Å²) in [6.07, 6.45) is 6.61. The molecule has 120 valence electrons. The first-order valence-corrected chi connectivity index (χ1v) is 8.16. The highest BCUT2D eigenvalue weighted by molar-refractivity contribution is 5.98. The van der Waals surface area contributed by atoms with E-state index in [2.05, 4.69) is 11.4 Å². The summed E-state index contributed by atoms with van der Waals surface area (Å²) in [5, 5.41) is 2.76. The average molecular weight is 311 g/mol. The first-order valence-electron chi connectivity index (χ1n) is 8.16. The molecule has 4 heteroatoms. The second-order valence-electron chi connectivity index (χ2n) is 5.97. The van der Waals surface area contributed by atoms with Crippen LogP contribution in [0.1, 0.15) is 52.9 Å². The Morgan fingerprint density at radius 3 is 2.65 bits per heavy atom. The van der Waals surface area contributed by atoms with E-state index in [0.717, 1.165) is 18.4 Å². The molecular formula is C19H21NO3. The minimum absolute atomic E-state index is 0.0338. The van der Waals surface area contributed by atoms with Gasteiger partial charge in [-0.05, 0) is 55.0 Å². The number of benzene rings is 1. The average Bonchev–Trinajstić information content (AvgIpc) is 3.11. The lowest BCUT2D eigenvalue weighted by Gasteiger charge is -2.16. The fourth-order valence-corrected chi connectivity index (χ4v) is 2.97. The molecule has 1 aromatic carbocycles. The summed E-state index contributed by atoms with van der Waals surface area (Å²) in [6.45, 7) is 0.360. The van der Waals surface area contributed by atoms with Gasteiger partial charge in [0.25, 0.3) is 0 Å². The monoisotopic (exact) mass is 311 g/mol. The molecule has 0 saturated heterocycles. The summed E-state index contributed by atoms with van der Waals surface area (Å²) in [4.78, 5) is 24.1. The Morgan fingerprint density at radius 2 is 1.87 bits per heavy atom. The van der Waals surface area contributed by atoms with Crippen molar-refractivity contribution in [2.45, 2.75) is 45.1 Å². The first kappa shape index (κ1) is 15.5. The van der Waals surface area contributed by atoms with Crippen molar-refractivity contribution < 1.29 is 14.0 Å². The highest BCUT2D eigenvalue weighted by Gasteiger charge is 2.14. The van der Waals surface area contributed by atoms with Crippen LogP contribution in [0.4, 0.5) is 0 Å². The van der Waals surface area contributed by atoms with Gasteiger partial charge in [0.05, 0.1) is 12.8 Å². The molecule has 2 aromatic rings. The lowest BCUT2D eigenvalue weighted by Crippen LogP contribution is -2.23. The Bertz CT molecular complexity index is 689. The molecule has 1 heterocycles. The Kier molecular flexibility index (Phi) is 4.91. The molecule has 1 amide bonds. The second-order valence-corrected chi connectivity index (χ2v) is 5.97. The molecule has 0 aliphatic heterocycles. The number of carbonyl (C=O) groups is 2. The van der Waals surface area contributed by atoms with Gasteiger partial charge in [-0.2, -0.15) is 0 Å². The van der Waals surface area contributed by atoms with Gasteiger partial charge in [-0.25, -0.2) is 0 Å². The molecule has 3 rings (SSSR count). The molecular weight excluding hydrogens is 290 g/mol. The van der Waals surface area contributed by atoms with Crippen LogP contribution in [0.3, 0.4) is 0 Å². The third-order valence-corrected chi connectivity index (χ3v) is 4.29. The minimum atomic E-state index is -0.132. The number of Topliss-reactive ketones (excluding diaryl/α,β-unsaturated/α-hetero) is 1. The van der Waals surface area contributed by atoms with Gasteiger partial charge in [0.2, 0.25) is 5.91 Å². The van der Waals surface area contributed by atoms with Gasteiger partial charge in [0, 0.05) is 18.4 Å². The van der Waals surface area contributed by atoms with E-state index >= 15 is 0 Å². The van der Waals surface area contributed by atoms with Crippen LogP contribution in [0.25, 0.3) is 0 Å². The van der Waals surface area contributed by atoms with E-state index in [0.29, 0.717) is 12.3 Å². The summed E-state index contributed by atoms with van der Waals surface area (Å²) in [5.74, 6) is 0.610. The number of ketones is 1. The van der Waals surface area contributed by atoms with Crippen molar-refractivity contribution in [3.05, 3.63) is 59.0 Å². The highest BCUT2D eigenvalue weighted by atomic mass is 16.3. The Labute approximate surface area is 135 Å². The van der Waals surface area contributed by atoms with Crippen LogP contribution >= 0.6 is 0 Å². The maximum absolute atomic E-state index is 12.3. The van der Waals surface area contributed by atoms with Crippen LogP contribution in [0.5, 0.6) is 0 Å². The molecule has 4 nitrogen and oxygen atoms in total. The second kappa shape index (κ2) is 7.27. The van der Waals surface area contributed by atoms with E-state index in [4.69, 9.17) is 4.42 Å². The molecule has 0 atom stereocenters. The van der Waals surface area contributed by atoms with Crippen molar-refractivity contribution in [3.63, 3.8) is 0 Å². The number of rotatable bonds is 6. The van der Waals surface area contributed by atoms with Gasteiger partial charge in [-0.15, -0.1) is 0 Å². The van der Waals surface area contributed by atoms with Crippen LogP contribution in [-0.2, 0) is 24.2 Å². The Balaban J connectivity index is 1.50. The molecule has 0 unspecified atom stereocenters. The van der Waals surface area contributed by atoms with E-state index in [9.17, 15) is 9.59 Å². The molecule has 1 aliphatic rings. The predicted molar refractivity (Wildman–Crippen MR) is 87.2 cm³/mol. The summed E-state index contributed by atoms with van der Waals surface area (Å²) < 4.78 is 5.15. The zero-order chi connectivity index (χ0) is 16.1. The predicted octanol–water partition coefficient (Wildman–Crippen LogP) is 3.44. The van der Waals surface area contributed by atoms with Crippen LogP contribution in [-0.4, -0.2) is 11.7 Å². The topological polar surface area (TPSA) is 59.3 Å². The van der Waals surface area contributed by atoms with Crippen molar-refractivity contribution in [1.82, 2.24) is 5.32 Å². The lowest BCUT2D eigenvalue weighted by atomic mass is 9.89. The number of hydrogen-bond donors (Lipinski definition) is 1. The fourth-order valence-electron chi connectivity index (χ4n) is 2.97. The van der Waals surface area contributed by atoms with Crippen molar-refractivity contribution >= 4 is 11.7 Å². The van der Waals surface area contributed by atoms with E-state index in [1.807, 2.05) is 12.1 Å². The van der Waals surface area contributed by atoms with Gasteiger partial charge >= 0.3 is 0 Å². The fraction of sp³-hybridized carbons (Fsp3) is 0.368. The van der Waals surface area contributed by atoms with Crippen LogP contribution in [0.15, 0.2) is 41.0 Å². The molecule has 1 aliphatic carbocycles. The standard InChI is InChI=1S/C19H21NO3/c21-18(9-10-19(22)20-13-17-6-3-11-23-17)16-8-7-14-4-1-2-5-15(14)12-16/h3,6-8,11-12H,1-2,4-5,9-10,13H2,(H,20,22). The smallest absolute Gasteiger partial charge is 0.220 e. The number of furan rings is 1. The van der Waals surface area contributed by atoms with Crippen LogP contribution in [0.2, 0.25) is 0 Å². The summed E-state index contributed by atoms with van der Waals surface area (Å²) in [7, 11) is 0. The van der Waals surface area contributed by atoms with Gasteiger partial charge in [0.15, 0.2) is 5.78 Å². The highest BCUT2D eigenvalue weighted by Crippen LogP contribution is 2.22. The van der Waals surface area contributed by atoms with Gasteiger partial charge in [-0.3, -0.25) is 9.59 Å². The zero-order valence-electron chi connectivity index (χ0n) is 13.1. The Morgan fingerprint density at radius 1 is 1.04 bits per heavy atom. The molecule has 1 aromatic heterocycles. The summed E-state index contributed by atoms with van der Waals surface area (Å²) in [6, 6.07) is 9.56. The number of hydrogen-bond acceptors (Lipinski definition) is 3. The number of aryl methyl sites for hydroxylation is 2. The van der Waals surface area contributed by atoms with Gasteiger partial charge < -0.3 is 9.73 Å². The number of carbonyl (C=O) groups excluding carboxylic acids is 2. The SMILES string of the molecule is O=C(CCC(=O)c1ccc2c(c1)CCCC2)NCc1ccco1. The zero-order valence-corrected chi connectivity index (χ0v) is 13.1. The molecule has 1 N–H and O–H groups in total. The van der Waals surface area contributed by atoms with Crippen LogP contribution in [0, 0.1) is 0 Å². The number of fused-ring (bicyclic) bond motifs is 1. The number of nitrogens with one attached hydrogen (secondary N) is 1. The molecule has 0 fully saturated rings. The van der Waals surface area contributed by atoms with E-state index in [1.165, 1.54) is 24.0 Å².